The smallest absolute Gasteiger partial charge is 0.175 e. The molecule has 0 heterocycles. The summed E-state index contributed by atoms with van der Waals surface area (Å²) in [5.41, 5.74) is 1.11. The maximum absolute atomic E-state index is 11.2. The molecule has 0 aliphatic rings. The van der Waals surface area contributed by atoms with Crippen molar-refractivity contribution in [2.75, 3.05) is 26.6 Å². The topological polar surface area (TPSA) is 55.4 Å². The van der Waals surface area contributed by atoms with E-state index in [1.807, 2.05) is 12.1 Å². The predicted molar refractivity (Wildman–Crippen MR) is 63.1 cm³/mol. The number of hydrogen-bond acceptors (Lipinski definition) is 4. The summed E-state index contributed by atoms with van der Waals surface area (Å²) in [6.07, 6.45) is 2.07. The van der Waals surface area contributed by atoms with E-state index in [1.165, 1.54) is 6.26 Å². The Labute approximate surface area is 96.5 Å². The Morgan fingerprint density at radius 3 is 2.38 bits per heavy atom. The van der Waals surface area contributed by atoms with Crippen LogP contribution >= 0.6 is 0 Å². The van der Waals surface area contributed by atoms with E-state index in [4.69, 9.17) is 4.74 Å². The van der Waals surface area contributed by atoms with E-state index in [9.17, 15) is 8.42 Å². The second-order valence-corrected chi connectivity index (χ2v) is 5.61. The van der Waals surface area contributed by atoms with E-state index in [0.717, 1.165) is 18.5 Å². The number of benzene rings is 1. The van der Waals surface area contributed by atoms with E-state index < -0.39 is 9.84 Å². The zero-order chi connectivity index (χ0) is 12.0. The highest BCUT2D eigenvalue weighted by Crippen LogP contribution is 2.10. The minimum Gasteiger partial charge on any atom is -0.370 e. The molecule has 0 saturated heterocycles. The first kappa shape index (κ1) is 13.2. The van der Waals surface area contributed by atoms with Crippen molar-refractivity contribution >= 4 is 9.84 Å². The zero-order valence-corrected chi connectivity index (χ0v) is 10.4. The molecule has 0 fully saturated rings. The Morgan fingerprint density at radius 1 is 1.25 bits per heavy atom. The van der Waals surface area contributed by atoms with Gasteiger partial charge in [-0.1, -0.05) is 12.1 Å². The minimum atomic E-state index is -3.08. The Balaban J connectivity index is 2.52. The van der Waals surface area contributed by atoms with Crippen LogP contribution in [0.3, 0.4) is 0 Å². The van der Waals surface area contributed by atoms with Gasteiger partial charge in [0.15, 0.2) is 9.84 Å². The lowest BCUT2D eigenvalue weighted by molar-refractivity contribution is 0.176. The number of sulfone groups is 1. The zero-order valence-electron chi connectivity index (χ0n) is 9.56. The molecule has 90 valence electrons. The molecule has 0 aromatic heterocycles. The van der Waals surface area contributed by atoms with Crippen LogP contribution in [0.1, 0.15) is 5.56 Å². The lowest BCUT2D eigenvalue weighted by Gasteiger charge is -2.04. The molecule has 0 bridgehead atoms. The van der Waals surface area contributed by atoms with Gasteiger partial charge < -0.3 is 4.74 Å². The molecule has 0 saturated carbocycles. The normalized spacial score (nSPS) is 11.6. The van der Waals surface area contributed by atoms with Gasteiger partial charge in [-0.3, -0.25) is 5.32 Å². The summed E-state index contributed by atoms with van der Waals surface area (Å²) in [5, 5.41) is 3.09. The second-order valence-electron chi connectivity index (χ2n) is 3.60. The molecule has 16 heavy (non-hydrogen) atoms. The molecule has 0 unspecified atom stereocenters. The quantitative estimate of drug-likeness (QED) is 0.594. The number of hydrogen-bond donors (Lipinski definition) is 1. The van der Waals surface area contributed by atoms with Crippen molar-refractivity contribution in [3.63, 3.8) is 0 Å². The average molecular weight is 243 g/mol. The summed E-state index contributed by atoms with van der Waals surface area (Å²) in [5.74, 6) is 0. The van der Waals surface area contributed by atoms with Crippen LogP contribution in [0.25, 0.3) is 0 Å². The number of ether oxygens (including phenoxy) is 1. The SMILES string of the molecule is COCNCCc1ccc(S(C)(=O)=O)cc1. The molecule has 1 aromatic rings. The molecule has 4 nitrogen and oxygen atoms in total. The average Bonchev–Trinajstić information content (AvgIpc) is 2.24. The lowest BCUT2D eigenvalue weighted by atomic mass is 10.1. The third-order valence-electron chi connectivity index (χ3n) is 2.19. The van der Waals surface area contributed by atoms with Gasteiger partial charge >= 0.3 is 0 Å². The molecule has 0 aliphatic carbocycles. The van der Waals surface area contributed by atoms with Crippen LogP contribution in [0.5, 0.6) is 0 Å². The first-order chi connectivity index (χ1) is 7.54. The van der Waals surface area contributed by atoms with Crippen molar-refractivity contribution in [3.8, 4) is 0 Å². The molecule has 0 amide bonds. The van der Waals surface area contributed by atoms with Crippen LogP contribution in [0.15, 0.2) is 29.2 Å². The molecule has 1 aromatic carbocycles. The van der Waals surface area contributed by atoms with E-state index >= 15 is 0 Å². The van der Waals surface area contributed by atoms with Gasteiger partial charge in [0, 0.05) is 19.9 Å². The van der Waals surface area contributed by atoms with Crippen molar-refractivity contribution < 1.29 is 13.2 Å². The Morgan fingerprint density at radius 2 is 1.88 bits per heavy atom. The van der Waals surface area contributed by atoms with Crippen molar-refractivity contribution in [1.29, 1.82) is 0 Å². The van der Waals surface area contributed by atoms with Gasteiger partial charge in [0.05, 0.1) is 11.6 Å². The van der Waals surface area contributed by atoms with Gasteiger partial charge in [-0.05, 0) is 24.1 Å². The fourth-order valence-corrected chi connectivity index (χ4v) is 1.94. The standard InChI is InChI=1S/C11H17NO3S/c1-15-9-12-8-7-10-3-5-11(6-4-10)16(2,13)14/h3-6,12H,7-9H2,1-2H3. The monoisotopic (exact) mass is 243 g/mol. The number of methoxy groups -OCH3 is 1. The first-order valence-corrected chi connectivity index (χ1v) is 6.92. The highest BCUT2D eigenvalue weighted by molar-refractivity contribution is 7.90. The van der Waals surface area contributed by atoms with Crippen molar-refractivity contribution in [2.45, 2.75) is 11.3 Å². The van der Waals surface area contributed by atoms with E-state index in [2.05, 4.69) is 5.32 Å². The Hall–Kier alpha value is -0.910. The van der Waals surface area contributed by atoms with Gasteiger partial charge in [-0.15, -0.1) is 0 Å². The summed E-state index contributed by atoms with van der Waals surface area (Å²) < 4.78 is 27.3. The third-order valence-corrected chi connectivity index (χ3v) is 3.32. The second kappa shape index (κ2) is 5.98. The molecule has 1 N–H and O–H groups in total. The van der Waals surface area contributed by atoms with Crippen LogP contribution in [0.4, 0.5) is 0 Å². The van der Waals surface area contributed by atoms with Crippen molar-refractivity contribution in [1.82, 2.24) is 5.32 Å². The highest BCUT2D eigenvalue weighted by Gasteiger charge is 2.05. The molecule has 0 atom stereocenters. The van der Waals surface area contributed by atoms with Crippen LogP contribution < -0.4 is 5.32 Å². The molecule has 0 radical (unpaired) electrons. The summed E-state index contributed by atoms with van der Waals surface area (Å²) in [6, 6.07) is 6.96. The van der Waals surface area contributed by atoms with Gasteiger partial charge in [0.2, 0.25) is 0 Å². The van der Waals surface area contributed by atoms with Crippen LogP contribution in [-0.4, -0.2) is 35.1 Å². The van der Waals surface area contributed by atoms with Crippen LogP contribution in [0.2, 0.25) is 0 Å². The van der Waals surface area contributed by atoms with Gasteiger partial charge in [-0.2, -0.15) is 0 Å². The molecule has 0 aliphatic heterocycles. The number of nitrogens with one attached hydrogen (secondary N) is 1. The summed E-state index contributed by atoms with van der Waals surface area (Å²) >= 11 is 0. The van der Waals surface area contributed by atoms with Gasteiger partial charge in [-0.25, -0.2) is 8.42 Å². The fraction of sp³-hybridized carbons (Fsp3) is 0.455. The molecular formula is C11H17NO3S. The Bertz CT molecular complexity index is 411. The van der Waals surface area contributed by atoms with E-state index in [-0.39, 0.29) is 0 Å². The van der Waals surface area contributed by atoms with Gasteiger partial charge in [0.1, 0.15) is 0 Å². The first-order valence-electron chi connectivity index (χ1n) is 5.02. The van der Waals surface area contributed by atoms with Crippen molar-refractivity contribution in [3.05, 3.63) is 29.8 Å². The van der Waals surface area contributed by atoms with Crippen molar-refractivity contribution in [2.24, 2.45) is 0 Å². The predicted octanol–water partition coefficient (Wildman–Crippen LogP) is 0.826. The van der Waals surface area contributed by atoms with Gasteiger partial charge in [0.25, 0.3) is 0 Å². The minimum absolute atomic E-state index is 0.362. The molecular weight excluding hydrogens is 226 g/mol. The molecule has 5 heteroatoms. The van der Waals surface area contributed by atoms with Crippen LogP contribution in [-0.2, 0) is 21.0 Å². The highest BCUT2D eigenvalue weighted by atomic mass is 32.2. The lowest BCUT2D eigenvalue weighted by Crippen LogP contribution is -2.19. The van der Waals surface area contributed by atoms with E-state index in [1.54, 1.807) is 19.2 Å². The summed E-state index contributed by atoms with van der Waals surface area (Å²) in [6.45, 7) is 1.34. The molecule has 0 spiro atoms. The maximum atomic E-state index is 11.2. The number of rotatable bonds is 6. The van der Waals surface area contributed by atoms with Crippen LogP contribution in [0, 0.1) is 0 Å². The fourth-order valence-electron chi connectivity index (χ4n) is 1.31. The maximum Gasteiger partial charge on any atom is 0.175 e. The molecule has 1 rings (SSSR count). The third kappa shape index (κ3) is 4.30. The Kier molecular flexibility index (Phi) is 4.92. The largest absolute Gasteiger partial charge is 0.370 e. The summed E-state index contributed by atoms with van der Waals surface area (Å²) in [7, 11) is -1.45. The summed E-state index contributed by atoms with van der Waals surface area (Å²) in [4.78, 5) is 0.362. The van der Waals surface area contributed by atoms with E-state index in [0.29, 0.717) is 11.6 Å².